The molecule has 0 aromatic carbocycles. The molecule has 0 spiro atoms. The molecule has 0 aliphatic carbocycles. The first-order chi connectivity index (χ1) is 10.3. The van der Waals surface area contributed by atoms with Gasteiger partial charge < -0.3 is 5.11 Å². The molecule has 1 rings (SSSR count). The topological polar surface area (TPSA) is 50.2 Å². The normalized spacial score (nSPS) is 10.7. The Morgan fingerprint density at radius 3 is 2.14 bits per heavy atom. The lowest BCUT2D eigenvalue weighted by Crippen LogP contribution is -2.04. The lowest BCUT2D eigenvalue weighted by atomic mass is 10.0. The van der Waals surface area contributed by atoms with Crippen LogP contribution in [0.5, 0.6) is 0 Å². The molecule has 0 atom stereocenters. The molecule has 1 aromatic heterocycles. The first-order valence-corrected chi connectivity index (χ1v) is 8.43. The van der Waals surface area contributed by atoms with Crippen molar-refractivity contribution in [2.45, 2.75) is 77.6 Å². The van der Waals surface area contributed by atoms with E-state index >= 15 is 0 Å². The first kappa shape index (κ1) is 17.7. The lowest BCUT2D eigenvalue weighted by molar-refractivity contribution is 0.0695. The molecular weight excluding hydrogens is 262 g/mol. The fourth-order valence-electron chi connectivity index (χ4n) is 2.61. The van der Waals surface area contributed by atoms with Crippen LogP contribution in [0.4, 0.5) is 0 Å². The molecular formula is C18H29NO2. The van der Waals surface area contributed by atoms with Gasteiger partial charge in [-0.1, -0.05) is 64.7 Å². The van der Waals surface area contributed by atoms with E-state index in [0.29, 0.717) is 5.56 Å². The van der Waals surface area contributed by atoms with Crippen molar-refractivity contribution in [2.75, 3.05) is 0 Å². The zero-order valence-electron chi connectivity index (χ0n) is 13.3. The van der Waals surface area contributed by atoms with Crippen LogP contribution in [0.2, 0.25) is 0 Å². The third-order valence-corrected chi connectivity index (χ3v) is 3.89. The van der Waals surface area contributed by atoms with Crippen LogP contribution in [-0.2, 0) is 6.42 Å². The lowest BCUT2D eigenvalue weighted by Gasteiger charge is -2.05. The van der Waals surface area contributed by atoms with Crippen molar-refractivity contribution in [3.05, 3.63) is 29.6 Å². The van der Waals surface area contributed by atoms with Crippen molar-refractivity contribution in [3.63, 3.8) is 0 Å². The zero-order valence-corrected chi connectivity index (χ0v) is 13.3. The Balaban J connectivity index is 2.06. The van der Waals surface area contributed by atoms with Gasteiger partial charge in [-0.25, -0.2) is 4.79 Å². The van der Waals surface area contributed by atoms with Crippen molar-refractivity contribution in [1.82, 2.24) is 4.98 Å². The molecule has 0 bridgehead atoms. The standard InChI is InChI=1S/C18H29NO2/c1-2-3-4-5-6-7-8-9-10-11-14-17-16(18(20)21)13-12-15-19-17/h12-13,15H,2-11,14H2,1H3,(H,20,21). The highest BCUT2D eigenvalue weighted by Crippen LogP contribution is 2.13. The minimum Gasteiger partial charge on any atom is -0.478 e. The van der Waals surface area contributed by atoms with E-state index in [4.69, 9.17) is 5.11 Å². The van der Waals surface area contributed by atoms with Crippen molar-refractivity contribution in [2.24, 2.45) is 0 Å². The van der Waals surface area contributed by atoms with Crippen LogP contribution in [0.25, 0.3) is 0 Å². The number of unbranched alkanes of at least 4 members (excludes halogenated alkanes) is 9. The number of aromatic carboxylic acids is 1. The minimum atomic E-state index is -0.870. The molecule has 118 valence electrons. The molecule has 0 unspecified atom stereocenters. The van der Waals surface area contributed by atoms with Gasteiger partial charge in [-0.15, -0.1) is 0 Å². The van der Waals surface area contributed by atoms with E-state index in [1.54, 1.807) is 18.3 Å². The summed E-state index contributed by atoms with van der Waals surface area (Å²) in [7, 11) is 0. The summed E-state index contributed by atoms with van der Waals surface area (Å²) in [5.41, 5.74) is 1.08. The van der Waals surface area contributed by atoms with Crippen LogP contribution in [0.1, 0.15) is 87.2 Å². The van der Waals surface area contributed by atoms with E-state index in [2.05, 4.69) is 11.9 Å². The molecule has 0 radical (unpaired) electrons. The molecule has 0 amide bonds. The molecule has 0 fully saturated rings. The molecule has 0 aliphatic heterocycles. The Bertz CT molecular complexity index is 404. The molecule has 0 saturated heterocycles. The van der Waals surface area contributed by atoms with Crippen LogP contribution in [0.15, 0.2) is 18.3 Å². The summed E-state index contributed by atoms with van der Waals surface area (Å²) < 4.78 is 0. The first-order valence-electron chi connectivity index (χ1n) is 8.43. The Morgan fingerprint density at radius 1 is 1.00 bits per heavy atom. The summed E-state index contributed by atoms with van der Waals surface area (Å²) in [6, 6.07) is 3.33. The summed E-state index contributed by atoms with van der Waals surface area (Å²) in [6.07, 6.45) is 15.4. The molecule has 1 aromatic rings. The highest BCUT2D eigenvalue weighted by Gasteiger charge is 2.09. The number of pyridine rings is 1. The number of aryl methyl sites for hydroxylation is 1. The Labute approximate surface area is 128 Å². The monoisotopic (exact) mass is 291 g/mol. The molecule has 0 aliphatic rings. The zero-order chi connectivity index (χ0) is 15.3. The Morgan fingerprint density at radius 2 is 1.57 bits per heavy atom. The second-order valence-electron chi connectivity index (χ2n) is 5.73. The largest absolute Gasteiger partial charge is 0.478 e. The predicted molar refractivity (Wildman–Crippen MR) is 86.7 cm³/mol. The average Bonchev–Trinajstić information content (AvgIpc) is 2.49. The van der Waals surface area contributed by atoms with Gasteiger partial charge in [0.2, 0.25) is 0 Å². The number of aromatic nitrogens is 1. The van der Waals surface area contributed by atoms with E-state index in [1.165, 1.54) is 57.8 Å². The van der Waals surface area contributed by atoms with Crippen LogP contribution in [0.3, 0.4) is 0 Å². The maximum atomic E-state index is 11.1. The Hall–Kier alpha value is -1.38. The van der Waals surface area contributed by atoms with Crippen molar-refractivity contribution >= 4 is 5.97 Å². The second-order valence-corrected chi connectivity index (χ2v) is 5.73. The minimum absolute atomic E-state index is 0.355. The van der Waals surface area contributed by atoms with E-state index in [0.717, 1.165) is 18.5 Å². The molecule has 21 heavy (non-hydrogen) atoms. The smallest absolute Gasteiger partial charge is 0.337 e. The van der Waals surface area contributed by atoms with E-state index in [9.17, 15) is 4.79 Å². The Kier molecular flexibility index (Phi) is 9.51. The fraction of sp³-hybridized carbons (Fsp3) is 0.667. The van der Waals surface area contributed by atoms with Crippen molar-refractivity contribution in [3.8, 4) is 0 Å². The van der Waals surface area contributed by atoms with Crippen LogP contribution in [0, 0.1) is 0 Å². The number of carboxylic acid groups (broad SMARTS) is 1. The number of rotatable bonds is 12. The van der Waals surface area contributed by atoms with E-state index in [-0.39, 0.29) is 0 Å². The predicted octanol–water partition coefficient (Wildman–Crippen LogP) is 5.24. The second kappa shape index (κ2) is 11.3. The van der Waals surface area contributed by atoms with Gasteiger partial charge in [0, 0.05) is 6.20 Å². The van der Waals surface area contributed by atoms with Crippen molar-refractivity contribution in [1.29, 1.82) is 0 Å². The number of hydrogen-bond donors (Lipinski definition) is 1. The van der Waals surface area contributed by atoms with Gasteiger partial charge in [-0.2, -0.15) is 0 Å². The van der Waals surface area contributed by atoms with Gasteiger partial charge in [0.05, 0.1) is 11.3 Å². The van der Waals surface area contributed by atoms with Gasteiger partial charge >= 0.3 is 5.97 Å². The maximum Gasteiger partial charge on any atom is 0.337 e. The highest BCUT2D eigenvalue weighted by molar-refractivity contribution is 5.88. The quantitative estimate of drug-likeness (QED) is 0.535. The third kappa shape index (κ3) is 7.84. The summed E-state index contributed by atoms with van der Waals surface area (Å²) >= 11 is 0. The van der Waals surface area contributed by atoms with E-state index in [1.807, 2.05) is 0 Å². The number of carboxylic acids is 1. The van der Waals surface area contributed by atoms with E-state index < -0.39 is 5.97 Å². The molecule has 3 nitrogen and oxygen atoms in total. The summed E-state index contributed by atoms with van der Waals surface area (Å²) in [6.45, 7) is 2.25. The molecule has 0 saturated carbocycles. The number of nitrogens with zero attached hydrogens (tertiary/aromatic N) is 1. The van der Waals surface area contributed by atoms with Gasteiger partial charge in [0.15, 0.2) is 0 Å². The highest BCUT2D eigenvalue weighted by atomic mass is 16.4. The van der Waals surface area contributed by atoms with Gasteiger partial charge in [-0.05, 0) is 25.0 Å². The summed E-state index contributed by atoms with van der Waals surface area (Å²) in [5.74, 6) is -0.870. The number of hydrogen-bond acceptors (Lipinski definition) is 2. The van der Waals surface area contributed by atoms with Gasteiger partial charge in [0.1, 0.15) is 0 Å². The van der Waals surface area contributed by atoms with Crippen molar-refractivity contribution < 1.29 is 9.90 Å². The molecule has 1 heterocycles. The summed E-state index contributed by atoms with van der Waals surface area (Å²) in [4.78, 5) is 15.3. The SMILES string of the molecule is CCCCCCCCCCCCc1ncccc1C(=O)O. The van der Waals surface area contributed by atoms with Crippen LogP contribution < -0.4 is 0 Å². The van der Waals surface area contributed by atoms with Gasteiger partial charge in [0.25, 0.3) is 0 Å². The maximum absolute atomic E-state index is 11.1. The summed E-state index contributed by atoms with van der Waals surface area (Å²) in [5, 5.41) is 9.09. The molecule has 3 heteroatoms. The molecule has 1 N–H and O–H groups in total. The third-order valence-electron chi connectivity index (χ3n) is 3.89. The van der Waals surface area contributed by atoms with Gasteiger partial charge in [-0.3, -0.25) is 4.98 Å². The number of carbonyl (C=O) groups is 1. The van der Waals surface area contributed by atoms with Crippen LogP contribution in [-0.4, -0.2) is 16.1 Å². The fourth-order valence-corrected chi connectivity index (χ4v) is 2.61. The van der Waals surface area contributed by atoms with Crippen LogP contribution >= 0.6 is 0 Å². The average molecular weight is 291 g/mol.